The van der Waals surface area contributed by atoms with Gasteiger partial charge in [-0.1, -0.05) is 30.3 Å². The van der Waals surface area contributed by atoms with Gasteiger partial charge in [0, 0.05) is 31.1 Å². The van der Waals surface area contributed by atoms with Crippen molar-refractivity contribution in [2.24, 2.45) is 23.7 Å². The number of carbonyl (C=O) groups excluding carboxylic acids is 2. The molecule has 1 heterocycles. The molecule has 2 aliphatic carbocycles. The van der Waals surface area contributed by atoms with E-state index < -0.39 is 23.0 Å². The maximum Gasteiger partial charge on any atom is 0.410 e. The summed E-state index contributed by atoms with van der Waals surface area (Å²) in [6.45, 7) is 2.10. The molecule has 0 spiro atoms. The van der Waals surface area contributed by atoms with Gasteiger partial charge in [-0.25, -0.2) is 13.6 Å². The van der Waals surface area contributed by atoms with Crippen LogP contribution < -0.4 is 4.74 Å². The van der Waals surface area contributed by atoms with Gasteiger partial charge in [0.15, 0.2) is 5.78 Å². The highest BCUT2D eigenvalue weighted by atomic mass is 19.1. The number of amides is 1. The normalized spacial score (nSPS) is 22.1. The van der Waals surface area contributed by atoms with Gasteiger partial charge in [-0.15, -0.1) is 0 Å². The number of Topliss-reactive ketones (excluding diaryl/α,β-unsaturated/α-hetero) is 1. The Morgan fingerprint density at radius 1 is 0.971 bits per heavy atom. The first-order chi connectivity index (χ1) is 17.0. The van der Waals surface area contributed by atoms with Gasteiger partial charge in [0.05, 0.1) is 12.2 Å². The Morgan fingerprint density at radius 2 is 1.66 bits per heavy atom. The Labute approximate surface area is 204 Å². The lowest BCUT2D eigenvalue weighted by molar-refractivity contribution is 0.0795. The molecule has 3 fully saturated rings. The van der Waals surface area contributed by atoms with E-state index in [-0.39, 0.29) is 24.4 Å². The van der Waals surface area contributed by atoms with Crippen LogP contribution >= 0.6 is 0 Å². The van der Waals surface area contributed by atoms with Crippen molar-refractivity contribution in [2.45, 2.75) is 45.1 Å². The van der Waals surface area contributed by atoms with Crippen LogP contribution in [0.25, 0.3) is 0 Å². The van der Waals surface area contributed by atoms with E-state index in [9.17, 15) is 18.4 Å². The molecule has 7 heteroatoms. The number of rotatable bonds is 9. The molecule has 0 bridgehead atoms. The molecule has 5 rings (SSSR count). The number of carbonyl (C=O) groups is 2. The lowest BCUT2D eigenvalue weighted by atomic mass is 9.91. The third kappa shape index (κ3) is 5.82. The quantitative estimate of drug-likeness (QED) is 0.410. The Hall–Kier alpha value is -2.96. The number of nitrogens with zero attached hydrogens (tertiary/aromatic N) is 1. The Balaban J connectivity index is 1.01. The van der Waals surface area contributed by atoms with Crippen LogP contribution in [0.3, 0.4) is 0 Å². The number of piperidine rings is 1. The second kappa shape index (κ2) is 10.3. The summed E-state index contributed by atoms with van der Waals surface area (Å²) in [4.78, 5) is 26.2. The van der Waals surface area contributed by atoms with Gasteiger partial charge in [-0.3, -0.25) is 4.79 Å². The molecule has 2 aromatic rings. The summed E-state index contributed by atoms with van der Waals surface area (Å²) in [5.41, 5.74) is 0.546. The van der Waals surface area contributed by atoms with Crippen LogP contribution in [0.1, 0.15) is 54.4 Å². The van der Waals surface area contributed by atoms with Crippen molar-refractivity contribution < 1.29 is 27.8 Å². The highest BCUT2D eigenvalue weighted by Gasteiger charge is 2.43. The molecule has 2 aromatic carbocycles. The van der Waals surface area contributed by atoms with E-state index in [0.29, 0.717) is 50.3 Å². The predicted octanol–water partition coefficient (Wildman–Crippen LogP) is 6.01. The Bertz CT molecular complexity index is 1040. The fourth-order valence-electron chi connectivity index (χ4n) is 5.25. The second-order valence-corrected chi connectivity index (χ2v) is 10.1. The van der Waals surface area contributed by atoms with E-state index in [0.717, 1.165) is 43.4 Å². The SMILES string of the molecule is O=C(c1c(F)cc(OCCC2CC2C2CCN(C(=O)OCc3ccccc3)CC2)cc1F)C1CC1. The minimum Gasteiger partial charge on any atom is -0.493 e. The molecule has 1 saturated heterocycles. The molecule has 2 atom stereocenters. The van der Waals surface area contributed by atoms with Gasteiger partial charge in [0.25, 0.3) is 0 Å². The minimum absolute atomic E-state index is 0.131. The van der Waals surface area contributed by atoms with Gasteiger partial charge in [0.2, 0.25) is 0 Å². The van der Waals surface area contributed by atoms with Gasteiger partial charge in [-0.05, 0) is 61.8 Å². The fourth-order valence-corrected chi connectivity index (χ4v) is 5.25. The summed E-state index contributed by atoms with van der Waals surface area (Å²) in [6, 6.07) is 11.9. The molecule has 2 unspecified atom stereocenters. The molecule has 5 nitrogen and oxygen atoms in total. The van der Waals surface area contributed by atoms with Crippen LogP contribution in [0, 0.1) is 35.3 Å². The Morgan fingerprint density at radius 3 is 2.31 bits per heavy atom. The van der Waals surface area contributed by atoms with E-state index in [2.05, 4.69) is 0 Å². The molecular formula is C28H31F2NO4. The average Bonchev–Trinajstić information content (AvgIpc) is 3.78. The van der Waals surface area contributed by atoms with Crippen molar-refractivity contribution in [3.8, 4) is 5.75 Å². The predicted molar refractivity (Wildman–Crippen MR) is 126 cm³/mol. The largest absolute Gasteiger partial charge is 0.493 e. The minimum atomic E-state index is -0.838. The monoisotopic (exact) mass is 483 g/mol. The number of ether oxygens (including phenoxy) is 2. The third-order valence-corrected chi connectivity index (χ3v) is 7.55. The summed E-state index contributed by atoms with van der Waals surface area (Å²) < 4.78 is 39.7. The fraction of sp³-hybridized carbons (Fsp3) is 0.500. The van der Waals surface area contributed by atoms with E-state index in [1.807, 2.05) is 30.3 Å². The highest BCUT2D eigenvalue weighted by Crippen LogP contribution is 2.49. The summed E-state index contributed by atoms with van der Waals surface area (Å²) in [5, 5.41) is 0. The van der Waals surface area contributed by atoms with Crippen LogP contribution in [-0.2, 0) is 11.3 Å². The van der Waals surface area contributed by atoms with Crippen LogP contribution in [0.4, 0.5) is 13.6 Å². The van der Waals surface area contributed by atoms with Crippen molar-refractivity contribution in [3.63, 3.8) is 0 Å². The number of ketones is 1. The molecule has 0 radical (unpaired) electrons. The standard InChI is InChI=1S/C28H31F2NO4/c29-24-15-22(16-25(30)26(24)27(32)20-6-7-20)34-13-10-21-14-23(21)19-8-11-31(12-9-19)28(33)35-17-18-4-2-1-3-5-18/h1-5,15-16,19-21,23H,6-14,17H2. The first-order valence-corrected chi connectivity index (χ1v) is 12.6. The maximum absolute atomic E-state index is 14.3. The van der Waals surface area contributed by atoms with Gasteiger partial charge < -0.3 is 14.4 Å². The molecule has 186 valence electrons. The smallest absolute Gasteiger partial charge is 0.410 e. The van der Waals surface area contributed by atoms with Crippen molar-refractivity contribution in [3.05, 3.63) is 65.2 Å². The summed E-state index contributed by atoms with van der Waals surface area (Å²) in [6.07, 6.45) is 5.05. The van der Waals surface area contributed by atoms with Crippen molar-refractivity contribution in [1.82, 2.24) is 4.90 Å². The molecule has 1 amide bonds. The van der Waals surface area contributed by atoms with Crippen molar-refractivity contribution >= 4 is 11.9 Å². The van der Waals surface area contributed by atoms with E-state index in [4.69, 9.17) is 9.47 Å². The summed E-state index contributed by atoms with van der Waals surface area (Å²) in [7, 11) is 0. The van der Waals surface area contributed by atoms with Gasteiger partial charge in [-0.2, -0.15) is 0 Å². The average molecular weight is 484 g/mol. The van der Waals surface area contributed by atoms with Crippen LogP contribution in [0.15, 0.2) is 42.5 Å². The number of halogens is 2. The molecule has 3 aliphatic rings. The van der Waals surface area contributed by atoms with Crippen LogP contribution in [0.5, 0.6) is 5.75 Å². The molecule has 0 aromatic heterocycles. The van der Waals surface area contributed by atoms with Crippen LogP contribution in [-0.4, -0.2) is 36.5 Å². The summed E-state index contributed by atoms with van der Waals surface area (Å²) in [5.74, 6) is -0.472. The summed E-state index contributed by atoms with van der Waals surface area (Å²) >= 11 is 0. The zero-order valence-electron chi connectivity index (χ0n) is 19.8. The number of hydrogen-bond acceptors (Lipinski definition) is 4. The zero-order valence-corrected chi connectivity index (χ0v) is 19.8. The van der Waals surface area contributed by atoms with E-state index >= 15 is 0 Å². The first kappa shape index (κ1) is 23.8. The zero-order chi connectivity index (χ0) is 24.4. The van der Waals surface area contributed by atoms with E-state index in [1.165, 1.54) is 0 Å². The second-order valence-electron chi connectivity index (χ2n) is 10.1. The maximum atomic E-state index is 14.3. The molecule has 35 heavy (non-hydrogen) atoms. The third-order valence-electron chi connectivity index (χ3n) is 7.55. The number of hydrogen-bond donors (Lipinski definition) is 0. The number of benzene rings is 2. The number of likely N-dealkylation sites (tertiary alicyclic amines) is 1. The van der Waals surface area contributed by atoms with Crippen molar-refractivity contribution in [2.75, 3.05) is 19.7 Å². The topological polar surface area (TPSA) is 55.8 Å². The lowest BCUT2D eigenvalue weighted by Gasteiger charge is -2.31. The van der Waals surface area contributed by atoms with Gasteiger partial charge >= 0.3 is 6.09 Å². The molecular weight excluding hydrogens is 452 g/mol. The van der Waals surface area contributed by atoms with Crippen molar-refractivity contribution in [1.29, 1.82) is 0 Å². The molecule has 1 aliphatic heterocycles. The lowest BCUT2D eigenvalue weighted by Crippen LogP contribution is -2.39. The molecule has 2 saturated carbocycles. The molecule has 0 N–H and O–H groups in total. The van der Waals surface area contributed by atoms with E-state index in [1.54, 1.807) is 4.90 Å². The highest BCUT2D eigenvalue weighted by molar-refractivity contribution is 5.99. The van der Waals surface area contributed by atoms with Crippen LogP contribution in [0.2, 0.25) is 0 Å². The van der Waals surface area contributed by atoms with Gasteiger partial charge in [0.1, 0.15) is 24.0 Å². The first-order valence-electron chi connectivity index (χ1n) is 12.6. The Kier molecular flexibility index (Phi) is 7.02.